The van der Waals surface area contributed by atoms with Gasteiger partial charge in [-0.3, -0.25) is 0 Å². The van der Waals surface area contributed by atoms with Crippen molar-refractivity contribution >= 4 is 11.4 Å². The van der Waals surface area contributed by atoms with Crippen molar-refractivity contribution in [3.05, 3.63) is 143 Å². The van der Waals surface area contributed by atoms with Crippen LogP contribution in [0.15, 0.2) is 103 Å². The Kier molecular flexibility index (Phi) is 9.84. The lowest BCUT2D eigenvalue weighted by Gasteiger charge is -2.36. The van der Waals surface area contributed by atoms with Crippen LogP contribution >= 0.6 is 0 Å². The van der Waals surface area contributed by atoms with Gasteiger partial charge < -0.3 is 30.4 Å². The van der Waals surface area contributed by atoms with Crippen LogP contribution in [0.4, 0.5) is 20.2 Å². The summed E-state index contributed by atoms with van der Waals surface area (Å²) in [7, 11) is 0. The first-order chi connectivity index (χ1) is 28.1. The molecule has 2 aromatic heterocycles. The molecule has 0 radical (unpaired) electrons. The molecule has 4 aromatic carbocycles. The molecule has 4 fully saturated rings. The highest BCUT2D eigenvalue weighted by Gasteiger charge is 2.37. The molecule has 0 aliphatic carbocycles. The van der Waals surface area contributed by atoms with Gasteiger partial charge in [0.05, 0.1) is 47.9 Å². The van der Waals surface area contributed by atoms with E-state index in [4.69, 9.17) is 0 Å². The fraction of sp³-hybridized carbons (Fsp3) is 0.362. The lowest BCUT2D eigenvalue weighted by Crippen LogP contribution is -2.34. The molecule has 4 aliphatic heterocycles. The van der Waals surface area contributed by atoms with Gasteiger partial charge in [0, 0.05) is 18.8 Å². The summed E-state index contributed by atoms with van der Waals surface area (Å²) in [4.78, 5) is 20.6. The molecule has 10 heteroatoms. The predicted octanol–water partition coefficient (Wildman–Crippen LogP) is 10.1. The summed E-state index contributed by atoms with van der Waals surface area (Å²) in [5, 5.41) is 7.04. The molecule has 8 nitrogen and oxygen atoms in total. The average Bonchev–Trinajstić information content (AvgIpc) is 4.11. The fourth-order valence-electron chi connectivity index (χ4n) is 9.92. The Bertz CT molecular complexity index is 2150. The second-order valence-electron chi connectivity index (χ2n) is 16.4. The zero-order valence-corrected chi connectivity index (χ0v) is 32.2. The zero-order chi connectivity index (χ0) is 38.3. The molecule has 10 rings (SSSR count). The molecule has 292 valence electrons. The Hall–Kier alpha value is -5.32. The van der Waals surface area contributed by atoms with Crippen LogP contribution in [0.3, 0.4) is 0 Å². The number of aromatic amines is 2. The van der Waals surface area contributed by atoms with E-state index in [0.29, 0.717) is 24.7 Å². The molecule has 6 aromatic rings. The zero-order valence-electron chi connectivity index (χ0n) is 32.2. The highest BCUT2D eigenvalue weighted by Crippen LogP contribution is 2.48. The number of imidazole rings is 2. The van der Waals surface area contributed by atoms with E-state index in [1.807, 2.05) is 23.4 Å². The van der Waals surface area contributed by atoms with E-state index < -0.39 is 11.6 Å². The Morgan fingerprint density at radius 2 is 1.07 bits per heavy atom. The van der Waals surface area contributed by atoms with Gasteiger partial charge in [0.15, 0.2) is 11.6 Å². The largest absolute Gasteiger partial charge is 0.367 e. The number of nitrogens with one attached hydrogen (secondary N) is 4. The number of nitrogens with zero attached hydrogens (tertiary/aromatic N) is 4. The van der Waals surface area contributed by atoms with Crippen LogP contribution in [-0.2, 0) is 0 Å². The first-order valence-electron chi connectivity index (χ1n) is 20.9. The topological polar surface area (TPSA) is 87.9 Å². The molecule has 0 saturated carbocycles. The first-order valence-corrected chi connectivity index (χ1v) is 20.9. The standard InChI is InChI=1S/C47H50F2N8/c48-37-26-36(27-38(49)45(37)56-24-20-31(21-25-56)30-6-2-1-3-7-30)57-43(34-14-10-32(11-15-34)41-28-52-46(54-41)39-8-4-22-50-39)18-19-44(57)35-16-12-33(13-17-35)42-29-53-47(55-42)40-9-5-23-51-40/h1-3,6-7,10-17,26-29,31,39-40,43-44,50-51H,4-5,8-9,18-25H2,(H,52,54)(H,53,55)/t39-,40?,43+,44+/m0/s1. The van der Waals surface area contributed by atoms with Gasteiger partial charge in [-0.1, -0.05) is 78.9 Å². The van der Waals surface area contributed by atoms with E-state index in [2.05, 4.69) is 108 Å². The molecule has 0 bridgehead atoms. The van der Waals surface area contributed by atoms with E-state index in [0.717, 1.165) is 110 Å². The molecule has 0 spiro atoms. The summed E-state index contributed by atoms with van der Waals surface area (Å²) in [5.41, 5.74) is 8.30. The third-order valence-electron chi connectivity index (χ3n) is 13.0. The Labute approximate surface area is 333 Å². The van der Waals surface area contributed by atoms with Crippen LogP contribution in [0.25, 0.3) is 22.5 Å². The maximum absolute atomic E-state index is 16.4. The van der Waals surface area contributed by atoms with Crippen LogP contribution in [0.1, 0.15) is 110 Å². The van der Waals surface area contributed by atoms with Crippen molar-refractivity contribution in [2.75, 3.05) is 36.0 Å². The minimum absolute atomic E-state index is 0.0657. The first kappa shape index (κ1) is 36.0. The molecule has 1 unspecified atom stereocenters. The van der Waals surface area contributed by atoms with Gasteiger partial charge >= 0.3 is 0 Å². The molecule has 4 atom stereocenters. The number of hydrogen-bond donors (Lipinski definition) is 4. The summed E-state index contributed by atoms with van der Waals surface area (Å²) < 4.78 is 32.8. The summed E-state index contributed by atoms with van der Waals surface area (Å²) in [6.07, 6.45) is 11.8. The maximum atomic E-state index is 16.4. The SMILES string of the molecule is Fc1cc(N2[C@@H](c3ccc(-c4cnc(C5CCCN5)[nH]4)cc3)CC[C@@H]2c2ccc(-c3cnc([C@@H]4CCCN4)[nH]3)cc2)cc(F)c1N1CCC(c2ccccc2)CC1. The average molecular weight is 765 g/mol. The summed E-state index contributed by atoms with van der Waals surface area (Å²) in [6.45, 7) is 3.27. The number of rotatable bonds is 9. The van der Waals surface area contributed by atoms with Gasteiger partial charge in [0.25, 0.3) is 0 Å². The quantitative estimate of drug-likeness (QED) is 0.117. The molecular formula is C47H50F2N8. The smallest absolute Gasteiger partial charge is 0.151 e. The van der Waals surface area contributed by atoms with E-state index >= 15 is 8.78 Å². The lowest BCUT2D eigenvalue weighted by atomic mass is 9.89. The van der Waals surface area contributed by atoms with E-state index in [9.17, 15) is 0 Å². The molecule has 4 saturated heterocycles. The summed E-state index contributed by atoms with van der Waals surface area (Å²) in [5.74, 6) is 1.35. The Morgan fingerprint density at radius 3 is 1.54 bits per heavy atom. The highest BCUT2D eigenvalue weighted by atomic mass is 19.1. The van der Waals surface area contributed by atoms with Crippen LogP contribution < -0.4 is 20.4 Å². The van der Waals surface area contributed by atoms with Crippen molar-refractivity contribution in [1.29, 1.82) is 0 Å². The molecule has 6 heterocycles. The van der Waals surface area contributed by atoms with Crippen molar-refractivity contribution in [1.82, 2.24) is 30.6 Å². The number of aromatic nitrogens is 4. The number of piperidine rings is 1. The summed E-state index contributed by atoms with van der Waals surface area (Å²) >= 11 is 0. The van der Waals surface area contributed by atoms with Crippen molar-refractivity contribution in [3.8, 4) is 22.5 Å². The monoisotopic (exact) mass is 764 g/mol. The highest BCUT2D eigenvalue weighted by molar-refractivity contribution is 5.64. The number of anilines is 2. The van der Waals surface area contributed by atoms with Crippen LogP contribution in [0.2, 0.25) is 0 Å². The fourth-order valence-corrected chi connectivity index (χ4v) is 9.92. The second-order valence-corrected chi connectivity index (χ2v) is 16.4. The Morgan fingerprint density at radius 1 is 0.561 bits per heavy atom. The van der Waals surface area contributed by atoms with Gasteiger partial charge in [-0.05, 0) is 110 Å². The van der Waals surface area contributed by atoms with E-state index in [1.165, 1.54) is 5.56 Å². The minimum atomic E-state index is -0.503. The van der Waals surface area contributed by atoms with Gasteiger partial charge in [0.1, 0.15) is 17.3 Å². The van der Waals surface area contributed by atoms with Crippen molar-refractivity contribution < 1.29 is 8.78 Å². The second kappa shape index (κ2) is 15.6. The Balaban J connectivity index is 0.937. The van der Waals surface area contributed by atoms with Gasteiger partial charge in [-0.15, -0.1) is 0 Å². The molecular weight excluding hydrogens is 715 g/mol. The van der Waals surface area contributed by atoms with Crippen LogP contribution in [0, 0.1) is 11.6 Å². The molecule has 4 aliphatic rings. The van der Waals surface area contributed by atoms with Gasteiger partial charge in [0.2, 0.25) is 0 Å². The van der Waals surface area contributed by atoms with E-state index in [1.54, 1.807) is 12.1 Å². The minimum Gasteiger partial charge on any atom is -0.367 e. The number of benzene rings is 4. The van der Waals surface area contributed by atoms with Crippen LogP contribution in [-0.4, -0.2) is 46.1 Å². The molecule has 4 N–H and O–H groups in total. The lowest BCUT2D eigenvalue weighted by molar-refractivity contribution is 0.486. The van der Waals surface area contributed by atoms with Crippen molar-refractivity contribution in [2.45, 2.75) is 81.5 Å². The third-order valence-corrected chi connectivity index (χ3v) is 13.0. The van der Waals surface area contributed by atoms with Crippen LogP contribution in [0.5, 0.6) is 0 Å². The maximum Gasteiger partial charge on any atom is 0.151 e. The van der Waals surface area contributed by atoms with Crippen molar-refractivity contribution in [2.24, 2.45) is 0 Å². The third kappa shape index (κ3) is 7.14. The van der Waals surface area contributed by atoms with E-state index in [-0.39, 0.29) is 29.9 Å². The predicted molar refractivity (Wildman–Crippen MR) is 222 cm³/mol. The molecule has 0 amide bonds. The molecule has 57 heavy (non-hydrogen) atoms. The number of hydrogen-bond acceptors (Lipinski definition) is 6. The van der Waals surface area contributed by atoms with Gasteiger partial charge in [-0.2, -0.15) is 0 Å². The number of H-pyrrole nitrogens is 2. The van der Waals surface area contributed by atoms with Gasteiger partial charge in [-0.25, -0.2) is 18.7 Å². The normalized spacial score (nSPS) is 22.8. The van der Waals surface area contributed by atoms with Crippen molar-refractivity contribution in [3.63, 3.8) is 0 Å². The summed E-state index contributed by atoms with van der Waals surface area (Å²) in [6, 6.07) is 31.2. The number of halogens is 2.